The Morgan fingerprint density at radius 3 is 2.83 bits per heavy atom. The molecule has 0 aromatic heterocycles. The maximum Gasteiger partial charge on any atom is 0.243 e. The minimum Gasteiger partial charge on any atom is -0.507 e. The Morgan fingerprint density at radius 2 is 2.04 bits per heavy atom. The lowest BCUT2D eigenvalue weighted by Crippen LogP contribution is -2.29. The average Bonchev–Trinajstić information content (AvgIpc) is 2.90. The number of amides is 1. The molecule has 1 heterocycles. The maximum absolute atomic E-state index is 13.4. The number of carbonyl (C=O) groups is 1. The van der Waals surface area contributed by atoms with Crippen LogP contribution in [0.1, 0.15) is 5.56 Å². The largest absolute Gasteiger partial charge is 0.507 e. The molecule has 23 heavy (non-hydrogen) atoms. The lowest BCUT2D eigenvalue weighted by atomic mass is 10.2. The lowest BCUT2D eigenvalue weighted by molar-refractivity contribution is -0.115. The molecule has 2 aromatic rings. The predicted octanol–water partition coefficient (Wildman–Crippen LogP) is 3.00. The third kappa shape index (κ3) is 3.40. The van der Waals surface area contributed by atoms with Crippen molar-refractivity contribution in [3.8, 4) is 5.75 Å². The van der Waals surface area contributed by atoms with Crippen LogP contribution in [-0.4, -0.2) is 28.1 Å². The molecule has 3 rings (SSSR count). The topological polar surface area (TPSA) is 65.3 Å². The van der Waals surface area contributed by atoms with E-state index in [4.69, 9.17) is 0 Å². The van der Waals surface area contributed by atoms with Crippen LogP contribution in [0.3, 0.4) is 0 Å². The quantitative estimate of drug-likeness (QED) is 0.695. The molecule has 7 heteroatoms. The third-order valence-corrected chi connectivity index (χ3v) is 4.02. The van der Waals surface area contributed by atoms with E-state index in [1.165, 1.54) is 41.1 Å². The van der Waals surface area contributed by atoms with E-state index >= 15 is 0 Å². The highest BCUT2D eigenvalue weighted by Crippen LogP contribution is 2.27. The van der Waals surface area contributed by atoms with Gasteiger partial charge in [-0.3, -0.25) is 9.69 Å². The third-order valence-electron chi connectivity index (χ3n) is 3.11. The molecule has 1 amide bonds. The van der Waals surface area contributed by atoms with E-state index in [2.05, 4.69) is 10.2 Å². The molecule has 5 nitrogen and oxygen atoms in total. The van der Waals surface area contributed by atoms with Gasteiger partial charge in [0.05, 0.1) is 17.7 Å². The molecule has 0 atom stereocenters. The van der Waals surface area contributed by atoms with Gasteiger partial charge in [0.25, 0.3) is 0 Å². The van der Waals surface area contributed by atoms with Crippen LogP contribution in [0, 0.1) is 5.82 Å². The van der Waals surface area contributed by atoms with Gasteiger partial charge in [-0.2, -0.15) is 5.10 Å². The summed E-state index contributed by atoms with van der Waals surface area (Å²) in [6, 6.07) is 12.4. The SMILES string of the molecule is O=C1CS/C(=N\N=C\c2ccccc2O)N1c1cccc(F)c1. The number of phenols is 1. The highest BCUT2D eigenvalue weighted by Gasteiger charge is 2.30. The van der Waals surface area contributed by atoms with Gasteiger partial charge in [-0.05, 0) is 30.3 Å². The molecule has 1 N–H and O–H groups in total. The number of nitrogens with zero attached hydrogens (tertiary/aromatic N) is 3. The van der Waals surface area contributed by atoms with E-state index in [1.54, 1.807) is 30.3 Å². The van der Waals surface area contributed by atoms with Crippen LogP contribution in [-0.2, 0) is 4.79 Å². The smallest absolute Gasteiger partial charge is 0.243 e. The number of carbonyl (C=O) groups excluding carboxylic acids is 1. The van der Waals surface area contributed by atoms with Gasteiger partial charge in [0, 0.05) is 5.56 Å². The Morgan fingerprint density at radius 1 is 1.22 bits per heavy atom. The summed E-state index contributed by atoms with van der Waals surface area (Å²) in [7, 11) is 0. The van der Waals surface area contributed by atoms with Crippen molar-refractivity contribution in [3.05, 3.63) is 59.9 Å². The summed E-state index contributed by atoms with van der Waals surface area (Å²) in [5, 5.41) is 18.0. The van der Waals surface area contributed by atoms with Crippen molar-refractivity contribution in [1.29, 1.82) is 0 Å². The van der Waals surface area contributed by atoms with E-state index in [-0.39, 0.29) is 17.4 Å². The van der Waals surface area contributed by atoms with Crippen LogP contribution >= 0.6 is 11.8 Å². The van der Waals surface area contributed by atoms with Crippen molar-refractivity contribution < 1.29 is 14.3 Å². The van der Waals surface area contributed by atoms with Crippen molar-refractivity contribution >= 4 is 34.7 Å². The molecule has 2 aromatic carbocycles. The monoisotopic (exact) mass is 329 g/mol. The van der Waals surface area contributed by atoms with Gasteiger partial charge in [0.2, 0.25) is 5.91 Å². The van der Waals surface area contributed by atoms with E-state index in [0.29, 0.717) is 16.4 Å². The Balaban J connectivity index is 1.86. The normalized spacial score (nSPS) is 16.7. The molecule has 0 radical (unpaired) electrons. The number of halogens is 1. The van der Waals surface area contributed by atoms with Crippen molar-refractivity contribution in [2.75, 3.05) is 10.7 Å². The highest BCUT2D eigenvalue weighted by atomic mass is 32.2. The van der Waals surface area contributed by atoms with E-state index in [1.807, 2.05) is 0 Å². The number of aromatic hydroxyl groups is 1. The van der Waals surface area contributed by atoms with Gasteiger partial charge >= 0.3 is 0 Å². The number of rotatable bonds is 3. The summed E-state index contributed by atoms with van der Waals surface area (Å²) >= 11 is 1.23. The zero-order chi connectivity index (χ0) is 16.2. The molecule has 1 aliphatic rings. The van der Waals surface area contributed by atoms with Crippen molar-refractivity contribution in [2.45, 2.75) is 0 Å². The van der Waals surface area contributed by atoms with Gasteiger partial charge in [-0.1, -0.05) is 30.0 Å². The number of thioether (sulfide) groups is 1. The summed E-state index contributed by atoms with van der Waals surface area (Å²) in [6.07, 6.45) is 1.40. The van der Waals surface area contributed by atoms with Crippen LogP contribution in [0.5, 0.6) is 5.75 Å². The summed E-state index contributed by atoms with van der Waals surface area (Å²) in [5.41, 5.74) is 0.931. The van der Waals surface area contributed by atoms with Crippen molar-refractivity contribution in [1.82, 2.24) is 0 Å². The second-order valence-electron chi connectivity index (χ2n) is 4.68. The lowest BCUT2D eigenvalue weighted by Gasteiger charge is -2.14. The molecule has 0 saturated carbocycles. The summed E-state index contributed by atoms with van der Waals surface area (Å²) in [6.45, 7) is 0. The average molecular weight is 329 g/mol. The first kappa shape index (κ1) is 15.2. The van der Waals surface area contributed by atoms with Gasteiger partial charge < -0.3 is 5.11 Å². The fourth-order valence-electron chi connectivity index (χ4n) is 2.04. The van der Waals surface area contributed by atoms with Crippen LogP contribution in [0.2, 0.25) is 0 Å². The van der Waals surface area contributed by atoms with Gasteiger partial charge in [-0.15, -0.1) is 5.10 Å². The zero-order valence-electron chi connectivity index (χ0n) is 11.9. The maximum atomic E-state index is 13.4. The molecule has 1 aliphatic heterocycles. The first-order valence-electron chi connectivity index (χ1n) is 6.75. The highest BCUT2D eigenvalue weighted by molar-refractivity contribution is 8.15. The van der Waals surface area contributed by atoms with Crippen molar-refractivity contribution in [3.63, 3.8) is 0 Å². The first-order chi connectivity index (χ1) is 11.1. The fraction of sp³-hybridized carbons (Fsp3) is 0.0625. The molecule has 0 bridgehead atoms. The molecular formula is C16H12FN3O2S. The van der Waals surface area contributed by atoms with Gasteiger partial charge in [0.1, 0.15) is 11.6 Å². The summed E-state index contributed by atoms with van der Waals surface area (Å²) in [5.74, 6) is -0.295. The first-order valence-corrected chi connectivity index (χ1v) is 7.74. The van der Waals surface area contributed by atoms with Crippen molar-refractivity contribution in [2.24, 2.45) is 10.2 Å². The molecule has 1 fully saturated rings. The summed E-state index contributed by atoms with van der Waals surface area (Å²) < 4.78 is 13.4. The Kier molecular flexibility index (Phi) is 4.38. The molecule has 0 spiro atoms. The molecular weight excluding hydrogens is 317 g/mol. The molecule has 0 aliphatic carbocycles. The molecule has 0 unspecified atom stereocenters. The fourth-order valence-corrected chi connectivity index (χ4v) is 2.87. The number of hydrogen-bond donors (Lipinski definition) is 1. The Labute approximate surface area is 136 Å². The van der Waals surface area contributed by atoms with Crippen LogP contribution in [0.4, 0.5) is 10.1 Å². The zero-order valence-corrected chi connectivity index (χ0v) is 12.7. The van der Waals surface area contributed by atoms with E-state index in [9.17, 15) is 14.3 Å². The van der Waals surface area contributed by atoms with E-state index < -0.39 is 5.82 Å². The predicted molar refractivity (Wildman–Crippen MR) is 89.5 cm³/mol. The Hall–Kier alpha value is -2.67. The minimum absolute atomic E-state index is 0.0913. The standard InChI is InChI=1S/C16H12FN3O2S/c17-12-5-3-6-13(8-12)20-15(22)10-23-16(20)19-18-9-11-4-1-2-7-14(11)21/h1-9,21H,10H2/b18-9+,19-16-. The van der Waals surface area contributed by atoms with Crippen LogP contribution in [0.15, 0.2) is 58.7 Å². The minimum atomic E-state index is -0.427. The number of amidine groups is 1. The molecule has 1 saturated heterocycles. The number of hydrogen-bond acceptors (Lipinski definition) is 5. The second kappa shape index (κ2) is 6.62. The number of benzene rings is 2. The molecule has 116 valence electrons. The number of anilines is 1. The van der Waals surface area contributed by atoms with Gasteiger partial charge in [0.15, 0.2) is 5.17 Å². The number of phenolic OH excluding ortho intramolecular Hbond substituents is 1. The Bertz CT molecular complexity index is 807. The van der Waals surface area contributed by atoms with E-state index in [0.717, 1.165) is 0 Å². The van der Waals surface area contributed by atoms with Crippen LogP contribution < -0.4 is 4.90 Å². The van der Waals surface area contributed by atoms with Gasteiger partial charge in [-0.25, -0.2) is 4.39 Å². The second-order valence-corrected chi connectivity index (χ2v) is 5.63. The number of para-hydroxylation sites is 1. The summed E-state index contributed by atoms with van der Waals surface area (Å²) in [4.78, 5) is 13.3. The van der Waals surface area contributed by atoms with Crippen LogP contribution in [0.25, 0.3) is 0 Å².